The third-order valence-corrected chi connectivity index (χ3v) is 4.21. The Bertz CT molecular complexity index is 384. The molecule has 0 radical (unpaired) electrons. The highest BCUT2D eigenvalue weighted by molar-refractivity contribution is 4.87. The Morgan fingerprint density at radius 1 is 1.28 bits per heavy atom. The lowest BCUT2D eigenvalue weighted by atomic mass is 9.82. The van der Waals surface area contributed by atoms with Gasteiger partial charge in [0.05, 0.1) is 6.54 Å². The lowest BCUT2D eigenvalue weighted by Crippen LogP contribution is -2.23. The zero-order valence-corrected chi connectivity index (χ0v) is 11.2. The van der Waals surface area contributed by atoms with Gasteiger partial charge in [0.25, 0.3) is 0 Å². The van der Waals surface area contributed by atoms with Gasteiger partial charge in [0, 0.05) is 12.6 Å². The monoisotopic (exact) mass is 249 g/mol. The molecule has 5 nitrogen and oxygen atoms in total. The largest absolute Gasteiger partial charge is 0.307 e. The van der Waals surface area contributed by atoms with E-state index in [1.54, 1.807) is 0 Å². The van der Waals surface area contributed by atoms with Gasteiger partial charge in [0.2, 0.25) is 0 Å². The van der Waals surface area contributed by atoms with Gasteiger partial charge in [-0.15, -0.1) is 5.10 Å². The SMILES string of the molecule is CC1CCCC(Cn2nnnc2CNC2CC2)C1. The Hall–Kier alpha value is -0.970. The maximum atomic E-state index is 4.15. The molecule has 5 heteroatoms. The fraction of sp³-hybridized carbons (Fsp3) is 0.923. The van der Waals surface area contributed by atoms with Crippen molar-refractivity contribution in [1.82, 2.24) is 25.5 Å². The van der Waals surface area contributed by atoms with Crippen molar-refractivity contribution in [2.75, 3.05) is 0 Å². The van der Waals surface area contributed by atoms with Crippen LogP contribution in [0.25, 0.3) is 0 Å². The van der Waals surface area contributed by atoms with Crippen LogP contribution in [0.3, 0.4) is 0 Å². The summed E-state index contributed by atoms with van der Waals surface area (Å²) in [6.45, 7) is 4.18. The predicted molar refractivity (Wildman–Crippen MR) is 68.8 cm³/mol. The minimum absolute atomic E-state index is 0.713. The summed E-state index contributed by atoms with van der Waals surface area (Å²) in [6.07, 6.45) is 8.03. The highest BCUT2D eigenvalue weighted by atomic mass is 15.5. The molecule has 1 aromatic heterocycles. The molecule has 2 fully saturated rings. The van der Waals surface area contributed by atoms with Crippen molar-refractivity contribution in [3.8, 4) is 0 Å². The lowest BCUT2D eigenvalue weighted by Gasteiger charge is -2.26. The summed E-state index contributed by atoms with van der Waals surface area (Å²) >= 11 is 0. The maximum Gasteiger partial charge on any atom is 0.165 e. The Labute approximate surface area is 108 Å². The first-order valence-corrected chi connectivity index (χ1v) is 7.29. The Balaban J connectivity index is 1.55. The molecule has 0 amide bonds. The van der Waals surface area contributed by atoms with Gasteiger partial charge >= 0.3 is 0 Å². The van der Waals surface area contributed by atoms with Crippen LogP contribution in [0.4, 0.5) is 0 Å². The average Bonchev–Trinajstić information content (AvgIpc) is 3.08. The molecule has 18 heavy (non-hydrogen) atoms. The van der Waals surface area contributed by atoms with E-state index in [1.807, 2.05) is 4.68 Å². The van der Waals surface area contributed by atoms with E-state index in [0.29, 0.717) is 6.04 Å². The van der Waals surface area contributed by atoms with Crippen molar-refractivity contribution in [3.63, 3.8) is 0 Å². The first-order valence-electron chi connectivity index (χ1n) is 7.29. The molecule has 2 atom stereocenters. The van der Waals surface area contributed by atoms with Crippen LogP contribution < -0.4 is 5.32 Å². The van der Waals surface area contributed by atoms with Gasteiger partial charge in [0.15, 0.2) is 5.82 Å². The topological polar surface area (TPSA) is 55.6 Å². The van der Waals surface area contributed by atoms with Crippen molar-refractivity contribution in [3.05, 3.63) is 5.82 Å². The van der Waals surface area contributed by atoms with Gasteiger partial charge in [-0.3, -0.25) is 0 Å². The van der Waals surface area contributed by atoms with Gasteiger partial charge in [-0.1, -0.05) is 19.8 Å². The first-order chi connectivity index (χ1) is 8.81. The number of tetrazole rings is 1. The molecule has 3 rings (SSSR count). The molecule has 2 unspecified atom stereocenters. The molecule has 0 spiro atoms. The van der Waals surface area contributed by atoms with Crippen LogP contribution in [-0.4, -0.2) is 26.2 Å². The molecule has 0 bridgehead atoms. The first kappa shape index (κ1) is 12.1. The summed E-state index contributed by atoms with van der Waals surface area (Å²) in [6, 6.07) is 0.713. The number of aromatic nitrogens is 4. The minimum Gasteiger partial charge on any atom is -0.307 e. The third kappa shape index (κ3) is 3.07. The molecule has 0 aromatic carbocycles. The number of hydrogen-bond acceptors (Lipinski definition) is 4. The summed E-state index contributed by atoms with van der Waals surface area (Å²) in [5, 5.41) is 15.6. The second-order valence-corrected chi connectivity index (χ2v) is 6.07. The zero-order chi connectivity index (χ0) is 12.4. The van der Waals surface area contributed by atoms with Crippen LogP contribution >= 0.6 is 0 Å². The lowest BCUT2D eigenvalue weighted by molar-refractivity contribution is 0.246. The van der Waals surface area contributed by atoms with Gasteiger partial charge in [-0.05, 0) is 47.9 Å². The fourth-order valence-electron chi connectivity index (χ4n) is 2.98. The Kier molecular flexibility index (Phi) is 3.59. The molecule has 1 aromatic rings. The number of nitrogens with one attached hydrogen (secondary N) is 1. The maximum absolute atomic E-state index is 4.15. The standard InChI is InChI=1S/C13H23N5/c1-10-3-2-4-11(7-10)9-18-13(15-16-17-18)8-14-12-5-6-12/h10-12,14H,2-9H2,1H3. The van der Waals surface area contributed by atoms with Crippen molar-refractivity contribution in [2.45, 2.75) is 64.6 Å². The smallest absolute Gasteiger partial charge is 0.165 e. The highest BCUT2D eigenvalue weighted by Crippen LogP contribution is 2.29. The second kappa shape index (κ2) is 5.34. The molecule has 1 N–H and O–H groups in total. The van der Waals surface area contributed by atoms with E-state index in [1.165, 1.54) is 38.5 Å². The summed E-state index contributed by atoms with van der Waals surface area (Å²) in [4.78, 5) is 0. The van der Waals surface area contributed by atoms with Gasteiger partial charge in [-0.2, -0.15) is 0 Å². The predicted octanol–water partition coefficient (Wildman–Crippen LogP) is 1.75. The number of hydrogen-bond donors (Lipinski definition) is 1. The van der Waals surface area contributed by atoms with Gasteiger partial charge in [0.1, 0.15) is 0 Å². The van der Waals surface area contributed by atoms with Gasteiger partial charge in [-0.25, -0.2) is 4.68 Å². The van der Waals surface area contributed by atoms with Crippen molar-refractivity contribution in [2.24, 2.45) is 11.8 Å². The molecule has 0 saturated heterocycles. The van der Waals surface area contributed by atoms with E-state index in [0.717, 1.165) is 30.7 Å². The van der Waals surface area contributed by atoms with Crippen molar-refractivity contribution >= 4 is 0 Å². The van der Waals surface area contributed by atoms with Crippen LogP contribution in [0.2, 0.25) is 0 Å². The summed E-state index contributed by atoms with van der Waals surface area (Å²) < 4.78 is 2.01. The fourth-order valence-corrected chi connectivity index (χ4v) is 2.98. The summed E-state index contributed by atoms with van der Waals surface area (Å²) in [5.74, 6) is 2.63. The molecule has 2 saturated carbocycles. The van der Waals surface area contributed by atoms with Crippen molar-refractivity contribution in [1.29, 1.82) is 0 Å². The van der Waals surface area contributed by atoms with Crippen molar-refractivity contribution < 1.29 is 0 Å². The zero-order valence-electron chi connectivity index (χ0n) is 11.2. The van der Waals surface area contributed by atoms with Crippen LogP contribution in [0.15, 0.2) is 0 Å². The van der Waals surface area contributed by atoms with E-state index < -0.39 is 0 Å². The summed E-state index contributed by atoms with van der Waals surface area (Å²) in [7, 11) is 0. The summed E-state index contributed by atoms with van der Waals surface area (Å²) in [5.41, 5.74) is 0. The quantitative estimate of drug-likeness (QED) is 0.864. The molecule has 2 aliphatic rings. The third-order valence-electron chi connectivity index (χ3n) is 4.21. The van der Waals surface area contributed by atoms with E-state index in [2.05, 4.69) is 27.8 Å². The Morgan fingerprint density at radius 3 is 2.94 bits per heavy atom. The average molecular weight is 249 g/mol. The Morgan fingerprint density at radius 2 is 2.17 bits per heavy atom. The molecular weight excluding hydrogens is 226 g/mol. The van der Waals surface area contributed by atoms with Crippen LogP contribution in [0.1, 0.15) is 51.3 Å². The second-order valence-electron chi connectivity index (χ2n) is 6.07. The van der Waals surface area contributed by atoms with E-state index in [4.69, 9.17) is 0 Å². The molecule has 100 valence electrons. The van der Waals surface area contributed by atoms with E-state index >= 15 is 0 Å². The molecular formula is C13H23N5. The normalized spacial score (nSPS) is 28.5. The van der Waals surface area contributed by atoms with Crippen LogP contribution in [-0.2, 0) is 13.1 Å². The number of nitrogens with zero attached hydrogens (tertiary/aromatic N) is 4. The number of rotatable bonds is 5. The van der Waals surface area contributed by atoms with Crippen LogP contribution in [0.5, 0.6) is 0 Å². The van der Waals surface area contributed by atoms with Gasteiger partial charge < -0.3 is 5.32 Å². The van der Waals surface area contributed by atoms with E-state index in [-0.39, 0.29) is 0 Å². The molecule has 0 aliphatic heterocycles. The molecule has 2 aliphatic carbocycles. The minimum atomic E-state index is 0.713. The molecule has 1 heterocycles. The van der Waals surface area contributed by atoms with E-state index in [9.17, 15) is 0 Å². The van der Waals surface area contributed by atoms with Crippen LogP contribution in [0, 0.1) is 11.8 Å². The highest BCUT2D eigenvalue weighted by Gasteiger charge is 2.23.